The maximum atomic E-state index is 12.5. The lowest BCUT2D eigenvalue weighted by molar-refractivity contribution is -0.113. The number of anilines is 1. The van der Waals surface area contributed by atoms with Crippen molar-refractivity contribution >= 4 is 46.0 Å². The lowest BCUT2D eigenvalue weighted by atomic mass is 10.2. The quantitative estimate of drug-likeness (QED) is 0.441. The third kappa shape index (κ3) is 5.51. The maximum Gasteiger partial charge on any atom is 0.234 e. The minimum atomic E-state index is -0.0457. The maximum absolute atomic E-state index is 12.5. The molecule has 2 heterocycles. The molecule has 0 unspecified atom stereocenters. The zero-order valence-electron chi connectivity index (χ0n) is 16.8. The topological polar surface area (TPSA) is 67.4 Å². The van der Waals surface area contributed by atoms with E-state index in [1.54, 1.807) is 11.8 Å². The van der Waals surface area contributed by atoms with Gasteiger partial charge in [-0.15, -0.1) is 11.8 Å². The molecule has 3 aromatic rings. The highest BCUT2D eigenvalue weighted by Crippen LogP contribution is 2.26. The number of benzene rings is 2. The van der Waals surface area contributed by atoms with E-state index in [1.807, 2.05) is 54.8 Å². The van der Waals surface area contributed by atoms with E-state index in [0.717, 1.165) is 58.6 Å². The highest BCUT2D eigenvalue weighted by molar-refractivity contribution is 8.00. The van der Waals surface area contributed by atoms with Crippen LogP contribution in [0.3, 0.4) is 0 Å². The van der Waals surface area contributed by atoms with Gasteiger partial charge in [0.05, 0.1) is 31.0 Å². The Labute approximate surface area is 184 Å². The smallest absolute Gasteiger partial charge is 0.234 e. The summed E-state index contributed by atoms with van der Waals surface area (Å²) in [6, 6.07) is 15.8. The van der Waals surface area contributed by atoms with Crippen molar-refractivity contribution in [3.05, 3.63) is 54.4 Å². The predicted octanol–water partition coefficient (Wildman–Crippen LogP) is 3.91. The number of thioether (sulfide) groups is 2. The lowest BCUT2D eigenvalue weighted by Gasteiger charge is -2.25. The SMILES string of the molecule is CSc1cccc(NC(=O)CSc2nc(CN3CCOCC3)nc3ccccc23)c1. The van der Waals surface area contributed by atoms with Gasteiger partial charge in [-0.3, -0.25) is 9.69 Å². The van der Waals surface area contributed by atoms with Crippen LogP contribution in [0.2, 0.25) is 0 Å². The molecule has 1 N–H and O–H groups in total. The van der Waals surface area contributed by atoms with Crippen molar-refractivity contribution in [2.75, 3.05) is 43.6 Å². The van der Waals surface area contributed by atoms with Crippen LogP contribution in [0.1, 0.15) is 5.82 Å². The molecule has 8 heteroatoms. The van der Waals surface area contributed by atoms with E-state index in [1.165, 1.54) is 11.8 Å². The van der Waals surface area contributed by atoms with Gasteiger partial charge in [-0.25, -0.2) is 9.97 Å². The predicted molar refractivity (Wildman–Crippen MR) is 123 cm³/mol. The number of hydrogen-bond donors (Lipinski definition) is 1. The molecule has 1 fully saturated rings. The Hall–Kier alpha value is -2.13. The number of ether oxygens (including phenoxy) is 1. The number of para-hydroxylation sites is 1. The molecule has 0 atom stereocenters. The summed E-state index contributed by atoms with van der Waals surface area (Å²) < 4.78 is 5.43. The van der Waals surface area contributed by atoms with Gasteiger partial charge < -0.3 is 10.1 Å². The number of nitrogens with one attached hydrogen (secondary N) is 1. The van der Waals surface area contributed by atoms with Gasteiger partial charge in [-0.1, -0.05) is 36.0 Å². The fourth-order valence-corrected chi connectivity index (χ4v) is 4.56. The number of carbonyl (C=O) groups is 1. The zero-order chi connectivity index (χ0) is 20.8. The van der Waals surface area contributed by atoms with Gasteiger partial charge >= 0.3 is 0 Å². The summed E-state index contributed by atoms with van der Waals surface area (Å²) in [6.07, 6.45) is 2.02. The Balaban J connectivity index is 1.47. The molecule has 1 saturated heterocycles. The number of morpholine rings is 1. The molecule has 6 nitrogen and oxygen atoms in total. The van der Waals surface area contributed by atoms with Crippen molar-refractivity contribution in [3.8, 4) is 0 Å². The fourth-order valence-electron chi connectivity index (χ4n) is 3.27. The number of amides is 1. The Morgan fingerprint density at radius 1 is 1.13 bits per heavy atom. The van der Waals surface area contributed by atoms with Crippen LogP contribution in [-0.4, -0.2) is 59.1 Å². The highest BCUT2D eigenvalue weighted by Gasteiger charge is 2.15. The molecule has 0 radical (unpaired) electrons. The molecular weight excluding hydrogens is 416 g/mol. The largest absolute Gasteiger partial charge is 0.379 e. The normalized spacial score (nSPS) is 14.7. The molecule has 0 bridgehead atoms. The first-order valence-corrected chi connectivity index (χ1v) is 12.0. The van der Waals surface area contributed by atoms with Gasteiger partial charge in [-0.05, 0) is 30.5 Å². The first-order valence-electron chi connectivity index (χ1n) is 9.84. The summed E-state index contributed by atoms with van der Waals surface area (Å²) in [5.74, 6) is 1.03. The molecule has 1 amide bonds. The second-order valence-electron chi connectivity index (χ2n) is 6.92. The average Bonchev–Trinajstić information content (AvgIpc) is 2.78. The Morgan fingerprint density at radius 2 is 1.97 bits per heavy atom. The molecule has 30 heavy (non-hydrogen) atoms. The van der Waals surface area contributed by atoms with Crippen LogP contribution >= 0.6 is 23.5 Å². The van der Waals surface area contributed by atoms with Crippen LogP contribution in [0.25, 0.3) is 10.9 Å². The van der Waals surface area contributed by atoms with Gasteiger partial charge in [0, 0.05) is 29.1 Å². The first-order chi connectivity index (χ1) is 14.7. The van der Waals surface area contributed by atoms with Crippen molar-refractivity contribution in [1.82, 2.24) is 14.9 Å². The molecular formula is C22H24N4O2S2. The van der Waals surface area contributed by atoms with E-state index in [-0.39, 0.29) is 5.91 Å². The van der Waals surface area contributed by atoms with E-state index < -0.39 is 0 Å². The molecule has 4 rings (SSSR count). The van der Waals surface area contributed by atoms with Gasteiger partial charge in [-0.2, -0.15) is 0 Å². The highest BCUT2D eigenvalue weighted by atomic mass is 32.2. The third-order valence-corrected chi connectivity index (χ3v) is 6.49. The van der Waals surface area contributed by atoms with Gasteiger partial charge in [0.2, 0.25) is 5.91 Å². The molecule has 2 aromatic carbocycles. The van der Waals surface area contributed by atoms with Crippen LogP contribution < -0.4 is 5.32 Å². The fraction of sp³-hybridized carbons (Fsp3) is 0.318. The number of rotatable bonds is 7. The van der Waals surface area contributed by atoms with E-state index in [4.69, 9.17) is 14.7 Å². The number of hydrogen-bond acceptors (Lipinski definition) is 7. The first kappa shape index (κ1) is 21.1. The lowest BCUT2D eigenvalue weighted by Crippen LogP contribution is -2.36. The number of aromatic nitrogens is 2. The Bertz CT molecular complexity index is 1020. The average molecular weight is 441 g/mol. The molecule has 0 spiro atoms. The minimum Gasteiger partial charge on any atom is -0.379 e. The summed E-state index contributed by atoms with van der Waals surface area (Å²) in [5.41, 5.74) is 1.72. The summed E-state index contributed by atoms with van der Waals surface area (Å²) in [5, 5.41) is 4.80. The molecule has 1 aliphatic rings. The van der Waals surface area contributed by atoms with Crippen molar-refractivity contribution in [1.29, 1.82) is 0 Å². The monoisotopic (exact) mass is 440 g/mol. The van der Waals surface area contributed by atoms with Crippen LogP contribution in [0.15, 0.2) is 58.5 Å². The summed E-state index contributed by atoms with van der Waals surface area (Å²) in [4.78, 5) is 25.5. The molecule has 1 aromatic heterocycles. The van der Waals surface area contributed by atoms with Gasteiger partial charge in [0.25, 0.3) is 0 Å². The second kappa shape index (κ2) is 10.3. The van der Waals surface area contributed by atoms with Crippen molar-refractivity contribution in [2.45, 2.75) is 16.5 Å². The van der Waals surface area contributed by atoms with Gasteiger partial charge in [0.15, 0.2) is 0 Å². The van der Waals surface area contributed by atoms with Crippen molar-refractivity contribution < 1.29 is 9.53 Å². The van der Waals surface area contributed by atoms with Crippen LogP contribution in [0.4, 0.5) is 5.69 Å². The standard InChI is InChI=1S/C22H24N4O2S2/c1-29-17-6-4-5-16(13-17)23-21(27)15-30-22-18-7-2-3-8-19(18)24-20(25-22)14-26-9-11-28-12-10-26/h2-8,13H,9-12,14-15H2,1H3,(H,23,27). The summed E-state index contributed by atoms with van der Waals surface area (Å²) in [6.45, 7) is 3.95. The van der Waals surface area contributed by atoms with E-state index in [0.29, 0.717) is 12.3 Å². The molecule has 156 valence electrons. The van der Waals surface area contributed by atoms with Crippen molar-refractivity contribution in [2.24, 2.45) is 0 Å². The summed E-state index contributed by atoms with van der Waals surface area (Å²) in [7, 11) is 0. The molecule has 1 aliphatic heterocycles. The minimum absolute atomic E-state index is 0.0457. The molecule has 0 saturated carbocycles. The third-order valence-electron chi connectivity index (χ3n) is 4.78. The Kier molecular flexibility index (Phi) is 7.22. The van der Waals surface area contributed by atoms with Crippen LogP contribution in [0.5, 0.6) is 0 Å². The molecule has 0 aliphatic carbocycles. The number of fused-ring (bicyclic) bond motifs is 1. The number of nitrogens with zero attached hydrogens (tertiary/aromatic N) is 3. The summed E-state index contributed by atoms with van der Waals surface area (Å²) >= 11 is 3.10. The van der Waals surface area contributed by atoms with E-state index in [9.17, 15) is 4.79 Å². The van der Waals surface area contributed by atoms with Crippen LogP contribution in [-0.2, 0) is 16.1 Å². The Morgan fingerprint density at radius 3 is 2.80 bits per heavy atom. The van der Waals surface area contributed by atoms with Crippen LogP contribution in [0, 0.1) is 0 Å². The zero-order valence-corrected chi connectivity index (χ0v) is 18.5. The second-order valence-corrected chi connectivity index (χ2v) is 8.76. The van der Waals surface area contributed by atoms with E-state index >= 15 is 0 Å². The van der Waals surface area contributed by atoms with Gasteiger partial charge in [0.1, 0.15) is 10.9 Å². The number of carbonyl (C=O) groups excluding carboxylic acids is 1. The van der Waals surface area contributed by atoms with Crippen molar-refractivity contribution in [3.63, 3.8) is 0 Å². The van der Waals surface area contributed by atoms with E-state index in [2.05, 4.69) is 10.2 Å².